The minimum atomic E-state index is -0.534. The van der Waals surface area contributed by atoms with Crippen LogP contribution < -0.4 is 0 Å². The zero-order chi connectivity index (χ0) is 14.2. The number of hydrogen-bond acceptors (Lipinski definition) is 2. The van der Waals surface area contributed by atoms with Crippen LogP contribution >= 0.6 is 0 Å². The van der Waals surface area contributed by atoms with E-state index in [-0.39, 0.29) is 17.4 Å². The molecule has 0 aromatic heterocycles. The molecule has 1 unspecified atom stereocenters. The van der Waals surface area contributed by atoms with E-state index < -0.39 is 11.7 Å². The molecule has 2 rings (SSSR count). The first kappa shape index (κ1) is 13.7. The Morgan fingerprint density at radius 2 is 2.11 bits per heavy atom. The number of imide groups is 1. The second kappa shape index (κ2) is 5.11. The fraction of sp³-hybridized carbons (Fsp3) is 0.467. The molecule has 102 valence electrons. The van der Waals surface area contributed by atoms with Gasteiger partial charge in [0.15, 0.2) is 0 Å². The molecule has 19 heavy (non-hydrogen) atoms. The van der Waals surface area contributed by atoms with Gasteiger partial charge in [-0.2, -0.15) is 0 Å². The van der Waals surface area contributed by atoms with E-state index in [0.717, 1.165) is 0 Å². The van der Waals surface area contributed by atoms with Crippen molar-refractivity contribution in [1.29, 1.82) is 0 Å². The Hall–Kier alpha value is -1.71. The first-order valence-corrected chi connectivity index (χ1v) is 6.51. The minimum Gasteiger partial charge on any atom is -0.278 e. The lowest BCUT2D eigenvalue weighted by Crippen LogP contribution is -2.33. The average Bonchev–Trinajstić information content (AvgIpc) is 2.74. The lowest BCUT2D eigenvalue weighted by Gasteiger charge is -2.17. The van der Waals surface area contributed by atoms with Gasteiger partial charge < -0.3 is 0 Å². The van der Waals surface area contributed by atoms with Gasteiger partial charge in [0, 0.05) is 13.0 Å². The normalized spacial score (nSPS) is 19.3. The van der Waals surface area contributed by atoms with Crippen LogP contribution in [0.5, 0.6) is 0 Å². The fourth-order valence-corrected chi connectivity index (χ4v) is 2.34. The van der Waals surface area contributed by atoms with Crippen LogP contribution in [0, 0.1) is 24.6 Å². The van der Waals surface area contributed by atoms with Crippen LogP contribution in [0.15, 0.2) is 18.2 Å². The van der Waals surface area contributed by atoms with E-state index in [1.165, 1.54) is 11.0 Å². The van der Waals surface area contributed by atoms with Crippen molar-refractivity contribution in [2.24, 2.45) is 11.8 Å². The summed E-state index contributed by atoms with van der Waals surface area (Å²) in [6.07, 6.45) is 0.372. The summed E-state index contributed by atoms with van der Waals surface area (Å²) in [5, 5.41) is 0. The maximum atomic E-state index is 13.9. The molecule has 1 aliphatic rings. The van der Waals surface area contributed by atoms with E-state index in [2.05, 4.69) is 0 Å². The lowest BCUT2D eigenvalue weighted by atomic mass is 9.95. The van der Waals surface area contributed by atoms with Gasteiger partial charge in [-0.05, 0) is 30.4 Å². The van der Waals surface area contributed by atoms with E-state index in [1.54, 1.807) is 19.1 Å². The van der Waals surface area contributed by atoms with Gasteiger partial charge in [-0.25, -0.2) is 4.39 Å². The highest BCUT2D eigenvalue weighted by atomic mass is 19.1. The summed E-state index contributed by atoms with van der Waals surface area (Å²) in [5.41, 5.74) is 0.399. The van der Waals surface area contributed by atoms with Crippen LogP contribution in [0.2, 0.25) is 0 Å². The molecule has 0 spiro atoms. The van der Waals surface area contributed by atoms with E-state index in [4.69, 9.17) is 0 Å². The largest absolute Gasteiger partial charge is 0.278 e. The molecule has 1 aromatic rings. The Balaban J connectivity index is 2.25. The minimum absolute atomic E-state index is 0.0160. The van der Waals surface area contributed by atoms with Gasteiger partial charge in [0.05, 0.1) is 5.56 Å². The zero-order valence-electron chi connectivity index (χ0n) is 11.4. The van der Waals surface area contributed by atoms with Crippen LogP contribution in [0.4, 0.5) is 4.39 Å². The number of rotatable bonds is 2. The third kappa shape index (κ3) is 2.53. The molecule has 1 atom stereocenters. The molecule has 3 nitrogen and oxygen atoms in total. The first-order chi connectivity index (χ1) is 8.91. The van der Waals surface area contributed by atoms with Gasteiger partial charge in [0.1, 0.15) is 5.82 Å². The van der Waals surface area contributed by atoms with E-state index in [1.807, 2.05) is 13.8 Å². The van der Waals surface area contributed by atoms with Crippen molar-refractivity contribution in [1.82, 2.24) is 4.90 Å². The molecule has 2 amide bonds. The van der Waals surface area contributed by atoms with Crippen LogP contribution in [0.3, 0.4) is 0 Å². The highest BCUT2D eigenvalue weighted by Gasteiger charge is 2.36. The highest BCUT2D eigenvalue weighted by molar-refractivity contribution is 6.05. The van der Waals surface area contributed by atoms with Crippen LogP contribution in [0.1, 0.15) is 36.2 Å². The Labute approximate surface area is 112 Å². The molecule has 0 aliphatic carbocycles. The summed E-state index contributed by atoms with van der Waals surface area (Å²) in [4.78, 5) is 25.3. The van der Waals surface area contributed by atoms with Crippen molar-refractivity contribution in [2.45, 2.75) is 27.2 Å². The number of aryl methyl sites for hydroxylation is 1. The summed E-state index contributed by atoms with van der Waals surface area (Å²) in [7, 11) is 0. The van der Waals surface area contributed by atoms with Crippen molar-refractivity contribution in [2.75, 3.05) is 6.54 Å². The fourth-order valence-electron chi connectivity index (χ4n) is 2.34. The van der Waals surface area contributed by atoms with Crippen LogP contribution in [-0.4, -0.2) is 23.3 Å². The quantitative estimate of drug-likeness (QED) is 0.769. The molecule has 0 saturated carbocycles. The first-order valence-electron chi connectivity index (χ1n) is 6.51. The standard InChI is InChI=1S/C15H18FNO2/c1-9(2)11-7-13(18)17(8-11)15(19)12-6-4-5-10(3)14(12)16/h4-6,9,11H,7-8H2,1-3H3. The SMILES string of the molecule is Cc1cccc(C(=O)N2CC(C(C)C)CC2=O)c1F. The van der Waals surface area contributed by atoms with Crippen LogP contribution in [0.25, 0.3) is 0 Å². The molecule has 1 saturated heterocycles. The van der Waals surface area contributed by atoms with Gasteiger partial charge in [0.2, 0.25) is 5.91 Å². The summed E-state index contributed by atoms with van der Waals surface area (Å²) >= 11 is 0. The summed E-state index contributed by atoms with van der Waals surface area (Å²) in [6, 6.07) is 4.67. The third-order valence-corrected chi connectivity index (χ3v) is 3.77. The van der Waals surface area contributed by atoms with Crippen molar-refractivity contribution < 1.29 is 14.0 Å². The van der Waals surface area contributed by atoms with Gasteiger partial charge in [0.25, 0.3) is 5.91 Å². The molecule has 1 heterocycles. The summed E-state index contributed by atoms with van der Waals surface area (Å²) in [6.45, 7) is 6.05. The average molecular weight is 263 g/mol. The van der Waals surface area contributed by atoms with Crippen molar-refractivity contribution in [3.05, 3.63) is 35.1 Å². The number of amides is 2. The number of hydrogen-bond donors (Lipinski definition) is 0. The molecule has 1 aromatic carbocycles. The monoisotopic (exact) mass is 263 g/mol. The third-order valence-electron chi connectivity index (χ3n) is 3.77. The van der Waals surface area contributed by atoms with E-state index in [0.29, 0.717) is 24.4 Å². The molecule has 0 radical (unpaired) electrons. The summed E-state index contributed by atoms with van der Waals surface area (Å²) in [5.74, 6) is -0.749. The molecule has 1 aliphatic heterocycles. The molecule has 0 N–H and O–H groups in total. The molecular weight excluding hydrogens is 245 g/mol. The Morgan fingerprint density at radius 3 is 2.68 bits per heavy atom. The maximum absolute atomic E-state index is 13.9. The lowest BCUT2D eigenvalue weighted by molar-refractivity contribution is -0.125. The van der Waals surface area contributed by atoms with Crippen molar-refractivity contribution in [3.63, 3.8) is 0 Å². The predicted molar refractivity (Wildman–Crippen MR) is 70.1 cm³/mol. The van der Waals surface area contributed by atoms with Gasteiger partial charge in [-0.3, -0.25) is 14.5 Å². The molecule has 0 bridgehead atoms. The Kier molecular flexibility index (Phi) is 3.69. The second-order valence-corrected chi connectivity index (χ2v) is 5.45. The highest BCUT2D eigenvalue weighted by Crippen LogP contribution is 2.26. The van der Waals surface area contributed by atoms with Gasteiger partial charge in [-0.15, -0.1) is 0 Å². The van der Waals surface area contributed by atoms with Gasteiger partial charge in [-0.1, -0.05) is 26.0 Å². The number of halogens is 1. The Morgan fingerprint density at radius 1 is 1.42 bits per heavy atom. The molecule has 4 heteroatoms. The number of carbonyl (C=O) groups excluding carboxylic acids is 2. The number of nitrogens with zero attached hydrogens (tertiary/aromatic N) is 1. The number of benzene rings is 1. The Bertz CT molecular complexity index is 525. The smallest absolute Gasteiger partial charge is 0.263 e. The maximum Gasteiger partial charge on any atom is 0.263 e. The van der Waals surface area contributed by atoms with Crippen molar-refractivity contribution in [3.8, 4) is 0 Å². The van der Waals surface area contributed by atoms with E-state index >= 15 is 0 Å². The summed E-state index contributed by atoms with van der Waals surface area (Å²) < 4.78 is 13.9. The molecule has 1 fully saturated rings. The topological polar surface area (TPSA) is 37.4 Å². The second-order valence-electron chi connectivity index (χ2n) is 5.45. The zero-order valence-corrected chi connectivity index (χ0v) is 11.4. The van der Waals surface area contributed by atoms with Crippen molar-refractivity contribution >= 4 is 11.8 Å². The predicted octanol–water partition coefficient (Wildman–Crippen LogP) is 2.78. The van der Waals surface area contributed by atoms with Crippen LogP contribution in [-0.2, 0) is 4.79 Å². The molecular formula is C15H18FNO2. The number of carbonyl (C=O) groups is 2. The van der Waals surface area contributed by atoms with E-state index in [9.17, 15) is 14.0 Å². The number of likely N-dealkylation sites (tertiary alicyclic amines) is 1. The van der Waals surface area contributed by atoms with Gasteiger partial charge >= 0.3 is 0 Å².